The average Bonchev–Trinajstić information content (AvgIpc) is 3.24. The second-order valence-corrected chi connectivity index (χ2v) is 8.06. The van der Waals surface area contributed by atoms with E-state index in [1.54, 1.807) is 7.11 Å². The van der Waals surface area contributed by atoms with Gasteiger partial charge < -0.3 is 19.6 Å². The van der Waals surface area contributed by atoms with Gasteiger partial charge in [0, 0.05) is 35.6 Å². The zero-order chi connectivity index (χ0) is 23.2. The van der Waals surface area contributed by atoms with Crippen molar-refractivity contribution in [2.75, 3.05) is 7.11 Å². The Morgan fingerprint density at radius 2 is 1.82 bits per heavy atom. The molecule has 0 aliphatic rings. The van der Waals surface area contributed by atoms with E-state index in [-0.39, 0.29) is 0 Å². The molecule has 6 nitrogen and oxygen atoms in total. The Hall–Kier alpha value is -3.77. The molecule has 1 aromatic heterocycles. The first-order chi connectivity index (χ1) is 16.0. The molecule has 0 radical (unpaired) electrons. The van der Waals surface area contributed by atoms with E-state index in [2.05, 4.69) is 10.3 Å². The van der Waals surface area contributed by atoms with Crippen LogP contribution in [-0.4, -0.2) is 29.2 Å². The van der Waals surface area contributed by atoms with Gasteiger partial charge in [-0.1, -0.05) is 60.2 Å². The van der Waals surface area contributed by atoms with Crippen molar-refractivity contribution >= 4 is 16.9 Å². The van der Waals surface area contributed by atoms with Crippen LogP contribution in [0.5, 0.6) is 11.5 Å². The van der Waals surface area contributed by atoms with Crippen LogP contribution in [0, 0.1) is 6.92 Å². The van der Waals surface area contributed by atoms with Crippen LogP contribution in [0.25, 0.3) is 10.9 Å². The second kappa shape index (κ2) is 10.2. The molecule has 0 aliphatic heterocycles. The number of carboxylic acid groups (broad SMARTS) is 1. The van der Waals surface area contributed by atoms with E-state index in [0.29, 0.717) is 31.1 Å². The van der Waals surface area contributed by atoms with Gasteiger partial charge in [-0.25, -0.2) is 0 Å². The number of aryl methyl sites for hydroxylation is 1. The highest BCUT2D eigenvalue weighted by molar-refractivity contribution is 5.84. The highest BCUT2D eigenvalue weighted by Crippen LogP contribution is 2.32. The first kappa shape index (κ1) is 22.4. The van der Waals surface area contributed by atoms with Crippen LogP contribution in [0.2, 0.25) is 0 Å². The fourth-order valence-electron chi connectivity index (χ4n) is 3.87. The number of methoxy groups -OCH3 is 1. The normalized spacial score (nSPS) is 11.9. The summed E-state index contributed by atoms with van der Waals surface area (Å²) in [7, 11) is 1.60. The lowest BCUT2D eigenvalue weighted by Crippen LogP contribution is -2.38. The third-order valence-corrected chi connectivity index (χ3v) is 5.72. The maximum Gasteiger partial charge on any atom is 0.321 e. The van der Waals surface area contributed by atoms with Crippen LogP contribution < -0.4 is 14.8 Å². The number of carbonyl (C=O) groups is 1. The van der Waals surface area contributed by atoms with Crippen molar-refractivity contribution in [2.45, 2.75) is 32.5 Å². The Kier molecular flexibility index (Phi) is 6.95. The Bertz CT molecular complexity index is 1230. The number of aromatic nitrogens is 1. The minimum absolute atomic E-state index is 0.333. The molecular weight excluding hydrogens is 416 g/mol. The summed E-state index contributed by atoms with van der Waals surface area (Å²) in [6.45, 7) is 2.77. The molecule has 170 valence electrons. The number of H-pyrrole nitrogens is 1. The van der Waals surface area contributed by atoms with Crippen LogP contribution >= 0.6 is 0 Å². The third-order valence-electron chi connectivity index (χ3n) is 5.72. The Labute approximate surface area is 193 Å². The summed E-state index contributed by atoms with van der Waals surface area (Å²) >= 11 is 0. The molecule has 1 atom stereocenters. The van der Waals surface area contributed by atoms with Crippen molar-refractivity contribution in [2.24, 2.45) is 0 Å². The van der Waals surface area contributed by atoms with Gasteiger partial charge in [0.1, 0.15) is 12.6 Å². The topological polar surface area (TPSA) is 83.6 Å². The SMILES string of the molecule is COc1cccc(CNC(Cc2c[nH]c3ccccc23)C(=O)O)c1OCc1ccc(C)cc1. The molecule has 1 heterocycles. The predicted molar refractivity (Wildman–Crippen MR) is 129 cm³/mol. The molecule has 3 aromatic carbocycles. The van der Waals surface area contributed by atoms with Crippen LogP contribution in [0.4, 0.5) is 0 Å². The van der Waals surface area contributed by atoms with Crippen LogP contribution in [0.1, 0.15) is 22.3 Å². The maximum absolute atomic E-state index is 12.0. The number of fused-ring (bicyclic) bond motifs is 1. The molecule has 33 heavy (non-hydrogen) atoms. The van der Waals surface area contributed by atoms with Gasteiger partial charge in [0.2, 0.25) is 0 Å². The van der Waals surface area contributed by atoms with Crippen molar-refractivity contribution in [3.8, 4) is 11.5 Å². The molecular formula is C27H28N2O4. The van der Waals surface area contributed by atoms with Crippen molar-refractivity contribution in [1.82, 2.24) is 10.3 Å². The summed E-state index contributed by atoms with van der Waals surface area (Å²) in [5, 5.41) is 14.1. The van der Waals surface area contributed by atoms with E-state index >= 15 is 0 Å². The predicted octanol–water partition coefficient (Wildman–Crippen LogP) is 4.85. The zero-order valence-corrected chi connectivity index (χ0v) is 18.8. The van der Waals surface area contributed by atoms with Gasteiger partial charge in [0.05, 0.1) is 7.11 Å². The van der Waals surface area contributed by atoms with Gasteiger partial charge in [-0.15, -0.1) is 0 Å². The molecule has 0 spiro atoms. The number of ether oxygens (including phenoxy) is 2. The molecule has 0 saturated heterocycles. The van der Waals surface area contributed by atoms with Crippen LogP contribution in [0.3, 0.4) is 0 Å². The highest BCUT2D eigenvalue weighted by atomic mass is 16.5. The van der Waals surface area contributed by atoms with E-state index < -0.39 is 12.0 Å². The lowest BCUT2D eigenvalue weighted by atomic mass is 10.0. The maximum atomic E-state index is 12.0. The molecule has 6 heteroatoms. The number of rotatable bonds is 10. The highest BCUT2D eigenvalue weighted by Gasteiger charge is 2.20. The van der Waals surface area contributed by atoms with Crippen molar-refractivity contribution in [3.63, 3.8) is 0 Å². The molecule has 3 N–H and O–H groups in total. The fourth-order valence-corrected chi connectivity index (χ4v) is 3.87. The molecule has 0 amide bonds. The molecule has 0 bridgehead atoms. The van der Waals surface area contributed by atoms with Gasteiger partial charge in [-0.05, 0) is 30.2 Å². The van der Waals surface area contributed by atoms with Crippen molar-refractivity contribution in [3.05, 3.63) is 95.2 Å². The summed E-state index contributed by atoms with van der Waals surface area (Å²) in [4.78, 5) is 15.2. The molecule has 0 fully saturated rings. The van der Waals surface area contributed by atoms with E-state index in [1.807, 2.05) is 79.9 Å². The number of benzene rings is 3. The lowest BCUT2D eigenvalue weighted by molar-refractivity contribution is -0.139. The quantitative estimate of drug-likeness (QED) is 0.326. The monoisotopic (exact) mass is 444 g/mol. The van der Waals surface area contributed by atoms with Gasteiger partial charge in [0.15, 0.2) is 11.5 Å². The smallest absolute Gasteiger partial charge is 0.321 e. The molecule has 0 aliphatic carbocycles. The minimum Gasteiger partial charge on any atom is -0.493 e. The fraction of sp³-hybridized carbons (Fsp3) is 0.222. The third kappa shape index (κ3) is 5.35. The number of aromatic amines is 1. The number of aliphatic carboxylic acids is 1. The van der Waals surface area contributed by atoms with Crippen molar-refractivity contribution < 1.29 is 19.4 Å². The Morgan fingerprint density at radius 3 is 2.58 bits per heavy atom. The number of hydrogen-bond acceptors (Lipinski definition) is 4. The van der Waals surface area contributed by atoms with E-state index in [1.165, 1.54) is 5.56 Å². The summed E-state index contributed by atoms with van der Waals surface area (Å²) in [5.41, 5.74) is 5.04. The number of nitrogens with one attached hydrogen (secondary N) is 2. The molecule has 4 rings (SSSR count). The number of hydrogen-bond donors (Lipinski definition) is 3. The van der Waals surface area contributed by atoms with E-state index in [4.69, 9.17) is 9.47 Å². The molecule has 0 saturated carbocycles. The van der Waals surface area contributed by atoms with Crippen LogP contribution in [0.15, 0.2) is 72.9 Å². The first-order valence-electron chi connectivity index (χ1n) is 10.9. The van der Waals surface area contributed by atoms with E-state index in [9.17, 15) is 9.90 Å². The average molecular weight is 445 g/mol. The minimum atomic E-state index is -0.898. The number of para-hydroxylation sites is 2. The molecule has 1 unspecified atom stereocenters. The summed E-state index contributed by atoms with van der Waals surface area (Å²) in [6.07, 6.45) is 2.24. The molecule has 4 aromatic rings. The van der Waals surface area contributed by atoms with Gasteiger partial charge in [-0.3, -0.25) is 10.1 Å². The Morgan fingerprint density at radius 1 is 1.03 bits per heavy atom. The summed E-state index contributed by atoms with van der Waals surface area (Å²) < 4.78 is 11.6. The standard InChI is InChI=1S/C27H28N2O4/c1-18-10-12-19(13-11-18)17-33-26-20(6-5-9-25(26)32-2)15-29-24(27(30)31)14-21-16-28-23-8-4-3-7-22(21)23/h3-13,16,24,28-29H,14-15,17H2,1-2H3,(H,30,31). The number of carboxylic acids is 1. The first-order valence-corrected chi connectivity index (χ1v) is 10.9. The second-order valence-electron chi connectivity index (χ2n) is 8.06. The Balaban J connectivity index is 1.49. The zero-order valence-electron chi connectivity index (χ0n) is 18.8. The lowest BCUT2D eigenvalue weighted by Gasteiger charge is -2.18. The summed E-state index contributed by atoms with van der Waals surface area (Å²) in [6, 6.07) is 20.9. The van der Waals surface area contributed by atoms with Gasteiger partial charge in [-0.2, -0.15) is 0 Å². The van der Waals surface area contributed by atoms with Crippen molar-refractivity contribution in [1.29, 1.82) is 0 Å². The van der Waals surface area contributed by atoms with E-state index in [0.717, 1.165) is 27.6 Å². The largest absolute Gasteiger partial charge is 0.493 e. The van der Waals surface area contributed by atoms with Gasteiger partial charge >= 0.3 is 5.97 Å². The van der Waals surface area contributed by atoms with Gasteiger partial charge in [0.25, 0.3) is 0 Å². The van der Waals surface area contributed by atoms with Crippen LogP contribution in [-0.2, 0) is 24.4 Å². The summed E-state index contributed by atoms with van der Waals surface area (Å²) in [5.74, 6) is 0.333.